The number of ether oxygens (including phenoxy) is 1. The Hall–Kier alpha value is -1.60. The third-order valence-corrected chi connectivity index (χ3v) is 2.75. The molecule has 2 rings (SSSR count). The topological polar surface area (TPSA) is 50.4 Å². The van der Waals surface area contributed by atoms with Crippen molar-refractivity contribution in [3.8, 4) is 0 Å². The number of amides is 1. The fraction of sp³-hybridized carbons (Fsp3) is 0.417. The second-order valence-electron chi connectivity index (χ2n) is 4.19. The second kappa shape index (κ2) is 6.03. The van der Waals surface area contributed by atoms with Gasteiger partial charge in [-0.3, -0.25) is 4.79 Å². The van der Waals surface area contributed by atoms with Crippen LogP contribution in [0.15, 0.2) is 12.1 Å². The third-order valence-electron chi connectivity index (χ3n) is 2.75. The van der Waals surface area contributed by atoms with Crippen molar-refractivity contribution in [1.82, 2.24) is 10.6 Å². The smallest absolute Gasteiger partial charge is 0.251 e. The molecule has 2 N–H and O–H groups in total. The average Bonchev–Trinajstić information content (AvgIpc) is 2.42. The van der Waals surface area contributed by atoms with E-state index < -0.39 is 23.4 Å². The van der Waals surface area contributed by atoms with Gasteiger partial charge in [0.1, 0.15) is 0 Å². The lowest BCUT2D eigenvalue weighted by Crippen LogP contribution is -2.48. The molecule has 1 saturated heterocycles. The van der Waals surface area contributed by atoms with Crippen LogP contribution in [0.5, 0.6) is 0 Å². The van der Waals surface area contributed by atoms with E-state index in [-0.39, 0.29) is 18.2 Å². The Morgan fingerprint density at radius 1 is 1.37 bits per heavy atom. The van der Waals surface area contributed by atoms with Crippen molar-refractivity contribution in [2.75, 3.05) is 26.3 Å². The monoisotopic (exact) mass is 274 g/mol. The van der Waals surface area contributed by atoms with E-state index in [2.05, 4.69) is 10.6 Å². The predicted molar refractivity (Wildman–Crippen MR) is 61.3 cm³/mol. The highest BCUT2D eigenvalue weighted by Gasteiger charge is 2.17. The number of benzene rings is 1. The molecule has 19 heavy (non-hydrogen) atoms. The van der Waals surface area contributed by atoms with Gasteiger partial charge in [-0.1, -0.05) is 0 Å². The summed E-state index contributed by atoms with van der Waals surface area (Å²) in [6, 6.07) is 1.28. The SMILES string of the molecule is O=C(NCC1COCCN1)c1cc(F)c(F)c(F)c1. The minimum absolute atomic E-state index is 0.0483. The molecule has 1 atom stereocenters. The molecule has 0 spiro atoms. The number of rotatable bonds is 3. The Morgan fingerprint density at radius 2 is 2.05 bits per heavy atom. The van der Waals surface area contributed by atoms with Crippen molar-refractivity contribution >= 4 is 5.91 Å². The molecule has 1 heterocycles. The van der Waals surface area contributed by atoms with Crippen LogP contribution < -0.4 is 10.6 Å². The zero-order valence-corrected chi connectivity index (χ0v) is 10.0. The van der Waals surface area contributed by atoms with Crippen molar-refractivity contribution < 1.29 is 22.7 Å². The van der Waals surface area contributed by atoms with E-state index >= 15 is 0 Å². The fourth-order valence-corrected chi connectivity index (χ4v) is 1.76. The molecule has 1 aromatic rings. The molecule has 1 aliphatic heterocycles. The van der Waals surface area contributed by atoms with Crippen molar-refractivity contribution in [2.45, 2.75) is 6.04 Å². The summed E-state index contributed by atoms with van der Waals surface area (Å²) in [6.45, 7) is 2.01. The highest BCUT2D eigenvalue weighted by atomic mass is 19.2. The lowest BCUT2D eigenvalue weighted by atomic mass is 10.2. The third kappa shape index (κ3) is 3.45. The van der Waals surface area contributed by atoms with Gasteiger partial charge >= 0.3 is 0 Å². The Bertz CT molecular complexity index is 453. The van der Waals surface area contributed by atoms with E-state index in [1.807, 2.05) is 0 Å². The predicted octanol–water partition coefficient (Wildman–Crippen LogP) is 0.822. The van der Waals surface area contributed by atoms with Gasteiger partial charge in [-0.25, -0.2) is 13.2 Å². The van der Waals surface area contributed by atoms with Gasteiger partial charge in [-0.15, -0.1) is 0 Å². The summed E-state index contributed by atoms with van der Waals surface area (Å²) in [5.41, 5.74) is -0.256. The van der Waals surface area contributed by atoms with Gasteiger partial charge < -0.3 is 15.4 Å². The molecule has 104 valence electrons. The van der Waals surface area contributed by atoms with Gasteiger partial charge in [-0.05, 0) is 12.1 Å². The molecule has 1 aromatic carbocycles. The maximum atomic E-state index is 13.0. The summed E-state index contributed by atoms with van der Waals surface area (Å²) < 4.78 is 43.9. The molecular formula is C12H13F3N2O2. The number of carbonyl (C=O) groups is 1. The zero-order valence-electron chi connectivity index (χ0n) is 10.0. The first-order valence-corrected chi connectivity index (χ1v) is 5.82. The molecule has 1 unspecified atom stereocenters. The van der Waals surface area contributed by atoms with E-state index in [4.69, 9.17) is 4.74 Å². The number of morpholine rings is 1. The van der Waals surface area contributed by atoms with Gasteiger partial charge in [0.15, 0.2) is 17.5 Å². The van der Waals surface area contributed by atoms with Gasteiger partial charge in [0.05, 0.1) is 13.2 Å². The van der Waals surface area contributed by atoms with Crippen molar-refractivity contribution in [3.63, 3.8) is 0 Å². The Balaban J connectivity index is 1.96. The molecule has 0 aliphatic carbocycles. The quantitative estimate of drug-likeness (QED) is 0.802. The molecule has 0 radical (unpaired) electrons. The molecule has 4 nitrogen and oxygen atoms in total. The normalized spacial score (nSPS) is 19.2. The van der Waals surface area contributed by atoms with E-state index in [9.17, 15) is 18.0 Å². The van der Waals surface area contributed by atoms with Gasteiger partial charge in [0.25, 0.3) is 5.91 Å². The van der Waals surface area contributed by atoms with Crippen molar-refractivity contribution in [3.05, 3.63) is 35.1 Å². The van der Waals surface area contributed by atoms with Crippen LogP contribution in [-0.4, -0.2) is 38.3 Å². The molecule has 0 aromatic heterocycles. The largest absolute Gasteiger partial charge is 0.378 e. The van der Waals surface area contributed by atoms with E-state index in [0.717, 1.165) is 0 Å². The minimum atomic E-state index is -1.58. The second-order valence-corrected chi connectivity index (χ2v) is 4.19. The van der Waals surface area contributed by atoms with Crippen molar-refractivity contribution in [2.24, 2.45) is 0 Å². The molecule has 7 heteroatoms. The lowest BCUT2D eigenvalue weighted by molar-refractivity contribution is 0.0734. The van der Waals surface area contributed by atoms with Gasteiger partial charge in [0, 0.05) is 24.7 Å². The lowest BCUT2D eigenvalue weighted by Gasteiger charge is -2.23. The Morgan fingerprint density at radius 3 is 2.63 bits per heavy atom. The van der Waals surface area contributed by atoms with Crippen LogP contribution in [0.3, 0.4) is 0 Å². The summed E-state index contributed by atoms with van der Waals surface area (Å²) in [5, 5.41) is 5.62. The van der Waals surface area contributed by atoms with Crippen LogP contribution in [0.25, 0.3) is 0 Å². The molecule has 1 amide bonds. The molecule has 1 fully saturated rings. The van der Waals surface area contributed by atoms with Gasteiger partial charge in [0.2, 0.25) is 0 Å². The minimum Gasteiger partial charge on any atom is -0.378 e. The molecule has 0 saturated carbocycles. The number of halogens is 3. The first kappa shape index (κ1) is 13.8. The van der Waals surface area contributed by atoms with E-state index in [0.29, 0.717) is 31.9 Å². The van der Waals surface area contributed by atoms with Gasteiger partial charge in [-0.2, -0.15) is 0 Å². The first-order chi connectivity index (χ1) is 9.08. The van der Waals surface area contributed by atoms with Crippen LogP contribution >= 0.6 is 0 Å². The summed E-state index contributed by atoms with van der Waals surface area (Å²) >= 11 is 0. The summed E-state index contributed by atoms with van der Waals surface area (Å²) in [7, 11) is 0. The zero-order chi connectivity index (χ0) is 13.8. The van der Waals surface area contributed by atoms with Crippen LogP contribution in [0.1, 0.15) is 10.4 Å². The van der Waals surface area contributed by atoms with E-state index in [1.54, 1.807) is 0 Å². The number of hydrogen-bond acceptors (Lipinski definition) is 3. The van der Waals surface area contributed by atoms with Crippen molar-refractivity contribution in [1.29, 1.82) is 0 Å². The van der Waals surface area contributed by atoms with Crippen LogP contribution in [0.2, 0.25) is 0 Å². The summed E-state index contributed by atoms with van der Waals surface area (Å²) in [6.07, 6.45) is 0. The molecule has 0 bridgehead atoms. The Kier molecular flexibility index (Phi) is 4.39. The van der Waals surface area contributed by atoms with Crippen LogP contribution in [-0.2, 0) is 4.74 Å². The fourth-order valence-electron chi connectivity index (χ4n) is 1.76. The standard InChI is InChI=1S/C12H13F3N2O2/c13-9-3-7(4-10(14)11(9)15)12(18)17-5-8-6-19-2-1-16-8/h3-4,8,16H,1-2,5-6H2,(H,17,18). The first-order valence-electron chi connectivity index (χ1n) is 5.82. The highest BCUT2D eigenvalue weighted by Crippen LogP contribution is 2.13. The molecular weight excluding hydrogens is 261 g/mol. The maximum Gasteiger partial charge on any atom is 0.251 e. The molecule has 1 aliphatic rings. The van der Waals surface area contributed by atoms with Crippen LogP contribution in [0.4, 0.5) is 13.2 Å². The van der Waals surface area contributed by atoms with Crippen LogP contribution in [0, 0.1) is 17.5 Å². The van der Waals surface area contributed by atoms with E-state index in [1.165, 1.54) is 0 Å². The maximum absolute atomic E-state index is 13.0. The average molecular weight is 274 g/mol. The number of nitrogens with one attached hydrogen (secondary N) is 2. The number of carbonyl (C=O) groups excluding carboxylic acids is 1. The summed E-state index contributed by atoms with van der Waals surface area (Å²) in [4.78, 5) is 11.7. The summed E-state index contributed by atoms with van der Waals surface area (Å²) in [5.74, 6) is -5.02. The highest BCUT2D eigenvalue weighted by molar-refractivity contribution is 5.94. The Labute approximate surface area is 107 Å². The number of hydrogen-bond donors (Lipinski definition) is 2.